The van der Waals surface area contributed by atoms with Crippen molar-refractivity contribution in [2.24, 2.45) is 0 Å². The van der Waals surface area contributed by atoms with Crippen LogP contribution in [0.2, 0.25) is 0 Å². The fourth-order valence-electron chi connectivity index (χ4n) is 1.59. The number of likely N-dealkylation sites (N-methyl/N-ethyl adjacent to an activating group) is 2. The van der Waals surface area contributed by atoms with Gasteiger partial charge in [-0.25, -0.2) is 0 Å². The molecule has 4 heteroatoms. The van der Waals surface area contributed by atoms with Gasteiger partial charge < -0.3 is 16.0 Å². The first-order chi connectivity index (χ1) is 7.58. The molecule has 0 aliphatic carbocycles. The zero-order valence-electron chi connectivity index (χ0n) is 10.1. The molecule has 0 aliphatic rings. The molecule has 3 N–H and O–H groups in total. The van der Waals surface area contributed by atoms with Crippen LogP contribution in [0.4, 0.5) is 11.4 Å². The summed E-state index contributed by atoms with van der Waals surface area (Å²) in [6.07, 6.45) is 0. The molecule has 0 heterocycles. The predicted molar refractivity (Wildman–Crippen MR) is 67.5 cm³/mol. The maximum Gasteiger partial charge on any atom is 0.239 e. The lowest BCUT2D eigenvalue weighted by atomic mass is 10.1. The molecule has 0 atom stereocenters. The van der Waals surface area contributed by atoms with Gasteiger partial charge in [0.2, 0.25) is 5.91 Å². The van der Waals surface area contributed by atoms with Crippen LogP contribution in [0.3, 0.4) is 0 Å². The molecule has 1 rings (SSSR count). The molecule has 0 aliphatic heterocycles. The van der Waals surface area contributed by atoms with Crippen LogP contribution in [0.1, 0.15) is 12.5 Å². The zero-order valence-corrected chi connectivity index (χ0v) is 10.1. The first-order valence-electron chi connectivity index (χ1n) is 5.40. The molecular weight excluding hydrogens is 202 g/mol. The normalized spacial score (nSPS) is 9.94. The topological polar surface area (TPSA) is 58.4 Å². The Bertz CT molecular complexity index is 377. The highest BCUT2D eigenvalue weighted by Crippen LogP contribution is 2.22. The third kappa shape index (κ3) is 2.89. The fourth-order valence-corrected chi connectivity index (χ4v) is 1.59. The van der Waals surface area contributed by atoms with E-state index in [-0.39, 0.29) is 5.91 Å². The van der Waals surface area contributed by atoms with Gasteiger partial charge in [-0.15, -0.1) is 0 Å². The number of nitrogens with two attached hydrogens (primary N) is 1. The summed E-state index contributed by atoms with van der Waals surface area (Å²) < 4.78 is 0. The summed E-state index contributed by atoms with van der Waals surface area (Å²) in [5, 5.41) is 2.62. The summed E-state index contributed by atoms with van der Waals surface area (Å²) in [5.74, 6) is 0.00340. The molecule has 0 unspecified atom stereocenters. The number of hydrogen-bond acceptors (Lipinski definition) is 3. The van der Waals surface area contributed by atoms with Crippen molar-refractivity contribution < 1.29 is 4.79 Å². The van der Waals surface area contributed by atoms with E-state index in [0.29, 0.717) is 6.54 Å². The molecule has 0 spiro atoms. The smallest absolute Gasteiger partial charge is 0.239 e. The van der Waals surface area contributed by atoms with Crippen LogP contribution in [-0.4, -0.2) is 26.0 Å². The zero-order chi connectivity index (χ0) is 12.1. The summed E-state index contributed by atoms with van der Waals surface area (Å²) in [6.45, 7) is 5.17. The minimum absolute atomic E-state index is 0.00340. The van der Waals surface area contributed by atoms with E-state index in [0.717, 1.165) is 23.5 Å². The van der Waals surface area contributed by atoms with Crippen LogP contribution in [0.15, 0.2) is 18.2 Å². The van der Waals surface area contributed by atoms with Crippen molar-refractivity contribution >= 4 is 17.3 Å². The van der Waals surface area contributed by atoms with Gasteiger partial charge >= 0.3 is 0 Å². The number of benzene rings is 1. The number of carbonyl (C=O) groups excluding carboxylic acids is 1. The molecule has 0 bridgehead atoms. The summed E-state index contributed by atoms with van der Waals surface area (Å²) in [5.41, 5.74) is 8.62. The minimum Gasteiger partial charge on any atom is -0.399 e. The van der Waals surface area contributed by atoms with Crippen LogP contribution >= 0.6 is 0 Å². The van der Waals surface area contributed by atoms with Gasteiger partial charge in [0.05, 0.1) is 6.54 Å². The third-order valence-corrected chi connectivity index (χ3v) is 2.57. The number of nitrogens with one attached hydrogen (secondary N) is 1. The van der Waals surface area contributed by atoms with Crippen LogP contribution in [-0.2, 0) is 4.79 Å². The van der Waals surface area contributed by atoms with Crippen molar-refractivity contribution in [3.05, 3.63) is 23.8 Å². The van der Waals surface area contributed by atoms with E-state index in [2.05, 4.69) is 5.32 Å². The molecule has 0 fully saturated rings. The highest BCUT2D eigenvalue weighted by atomic mass is 16.1. The second-order valence-corrected chi connectivity index (χ2v) is 3.73. The standard InChI is InChI=1S/C12H19N3O/c1-4-15(8-12(16)14-3)11-7-10(13)6-5-9(11)2/h5-7H,4,8,13H2,1-3H3,(H,14,16). The SMILES string of the molecule is CCN(CC(=O)NC)c1cc(N)ccc1C. The van der Waals surface area contributed by atoms with Gasteiger partial charge in [0.25, 0.3) is 0 Å². The third-order valence-electron chi connectivity index (χ3n) is 2.57. The molecule has 16 heavy (non-hydrogen) atoms. The van der Waals surface area contributed by atoms with Gasteiger partial charge in [-0.1, -0.05) is 6.07 Å². The average Bonchev–Trinajstić information content (AvgIpc) is 2.29. The molecule has 0 saturated carbocycles. The number of aryl methyl sites for hydroxylation is 1. The predicted octanol–water partition coefficient (Wildman–Crippen LogP) is 1.15. The molecular formula is C12H19N3O. The molecule has 4 nitrogen and oxygen atoms in total. The van der Waals surface area contributed by atoms with E-state index in [4.69, 9.17) is 5.73 Å². The largest absolute Gasteiger partial charge is 0.399 e. The highest BCUT2D eigenvalue weighted by Gasteiger charge is 2.11. The Kier molecular flexibility index (Phi) is 4.17. The van der Waals surface area contributed by atoms with E-state index in [1.807, 2.05) is 36.9 Å². The van der Waals surface area contributed by atoms with E-state index in [9.17, 15) is 4.79 Å². The maximum atomic E-state index is 11.4. The van der Waals surface area contributed by atoms with E-state index < -0.39 is 0 Å². The molecule has 88 valence electrons. The Labute approximate surface area is 96.4 Å². The van der Waals surface area contributed by atoms with Gasteiger partial charge in [-0.3, -0.25) is 4.79 Å². The highest BCUT2D eigenvalue weighted by molar-refractivity contribution is 5.81. The van der Waals surface area contributed by atoms with Crippen molar-refractivity contribution in [3.8, 4) is 0 Å². The lowest BCUT2D eigenvalue weighted by Crippen LogP contribution is -2.35. The van der Waals surface area contributed by atoms with Crippen LogP contribution in [0.25, 0.3) is 0 Å². The Hall–Kier alpha value is -1.71. The molecule has 1 aromatic carbocycles. The van der Waals surface area contributed by atoms with Crippen LogP contribution in [0.5, 0.6) is 0 Å². The quantitative estimate of drug-likeness (QED) is 0.750. The van der Waals surface area contributed by atoms with E-state index >= 15 is 0 Å². The second kappa shape index (κ2) is 5.39. The summed E-state index contributed by atoms with van der Waals surface area (Å²) in [7, 11) is 1.64. The number of anilines is 2. The number of nitrogens with zero attached hydrogens (tertiary/aromatic N) is 1. The minimum atomic E-state index is 0.00340. The number of carbonyl (C=O) groups is 1. The van der Waals surface area contributed by atoms with Crippen molar-refractivity contribution in [2.45, 2.75) is 13.8 Å². The van der Waals surface area contributed by atoms with E-state index in [1.165, 1.54) is 0 Å². The summed E-state index contributed by atoms with van der Waals surface area (Å²) in [4.78, 5) is 13.4. The lowest BCUT2D eigenvalue weighted by molar-refractivity contribution is -0.119. The van der Waals surface area contributed by atoms with Gasteiger partial charge in [0, 0.05) is 25.0 Å². The van der Waals surface area contributed by atoms with Crippen molar-refractivity contribution in [1.29, 1.82) is 0 Å². The Morgan fingerprint density at radius 1 is 1.50 bits per heavy atom. The summed E-state index contributed by atoms with van der Waals surface area (Å²) in [6, 6.07) is 5.74. The molecule has 1 amide bonds. The number of nitrogen functional groups attached to an aromatic ring is 1. The van der Waals surface area contributed by atoms with Crippen molar-refractivity contribution in [2.75, 3.05) is 30.8 Å². The Morgan fingerprint density at radius 2 is 2.19 bits per heavy atom. The fraction of sp³-hybridized carbons (Fsp3) is 0.417. The Morgan fingerprint density at radius 3 is 2.75 bits per heavy atom. The van der Waals surface area contributed by atoms with Gasteiger partial charge in [0.15, 0.2) is 0 Å². The summed E-state index contributed by atoms with van der Waals surface area (Å²) >= 11 is 0. The lowest BCUT2D eigenvalue weighted by Gasteiger charge is -2.24. The number of hydrogen-bond donors (Lipinski definition) is 2. The second-order valence-electron chi connectivity index (χ2n) is 3.73. The van der Waals surface area contributed by atoms with Crippen molar-refractivity contribution in [1.82, 2.24) is 5.32 Å². The first kappa shape index (κ1) is 12.4. The Balaban J connectivity index is 2.94. The van der Waals surface area contributed by atoms with Gasteiger partial charge in [-0.05, 0) is 31.5 Å². The molecule has 1 aromatic rings. The number of rotatable bonds is 4. The first-order valence-corrected chi connectivity index (χ1v) is 5.40. The van der Waals surface area contributed by atoms with Crippen molar-refractivity contribution in [3.63, 3.8) is 0 Å². The monoisotopic (exact) mass is 221 g/mol. The van der Waals surface area contributed by atoms with E-state index in [1.54, 1.807) is 7.05 Å². The molecule has 0 radical (unpaired) electrons. The van der Waals surface area contributed by atoms with Crippen LogP contribution < -0.4 is 16.0 Å². The van der Waals surface area contributed by atoms with Gasteiger partial charge in [-0.2, -0.15) is 0 Å². The van der Waals surface area contributed by atoms with Crippen LogP contribution in [0, 0.1) is 6.92 Å². The molecule has 0 saturated heterocycles. The van der Waals surface area contributed by atoms with Gasteiger partial charge in [0.1, 0.15) is 0 Å². The maximum absolute atomic E-state index is 11.4. The number of amides is 1. The average molecular weight is 221 g/mol. The molecule has 0 aromatic heterocycles.